The fourth-order valence-corrected chi connectivity index (χ4v) is 3.01. The van der Waals surface area contributed by atoms with Gasteiger partial charge in [-0.3, -0.25) is 4.21 Å². The molecule has 1 fully saturated rings. The average Bonchev–Trinajstić information content (AvgIpc) is 1.95. The van der Waals surface area contributed by atoms with Crippen LogP contribution in [-0.2, 0) is 15.6 Å². The van der Waals surface area contributed by atoms with Crippen LogP contribution in [0.1, 0.15) is 26.2 Å². The maximum absolute atomic E-state index is 11.7. The molecule has 0 bridgehead atoms. The molecule has 4 heteroatoms. The Labute approximate surface area is 74.6 Å². The van der Waals surface area contributed by atoms with Crippen molar-refractivity contribution in [2.45, 2.75) is 31.4 Å². The summed E-state index contributed by atoms with van der Waals surface area (Å²) >= 11 is 0. The van der Waals surface area contributed by atoms with E-state index < -0.39 is 10.8 Å². The van der Waals surface area contributed by atoms with Crippen LogP contribution in [0, 0.1) is 5.92 Å². The van der Waals surface area contributed by atoms with Crippen molar-refractivity contribution in [2.24, 2.45) is 11.1 Å². The number of nitrogens with zero attached hydrogens (tertiary/aromatic N) is 1. The summed E-state index contributed by atoms with van der Waals surface area (Å²) in [6.07, 6.45) is 3.72. The van der Waals surface area contributed by atoms with Crippen LogP contribution >= 0.6 is 0 Å². The number of hydrogen-bond acceptors (Lipinski definition) is 3. The van der Waals surface area contributed by atoms with Gasteiger partial charge in [0.2, 0.25) is 0 Å². The van der Waals surface area contributed by atoms with E-state index >= 15 is 0 Å². The van der Waals surface area contributed by atoms with Crippen molar-refractivity contribution in [3.05, 3.63) is 0 Å². The van der Waals surface area contributed by atoms with Crippen molar-refractivity contribution in [1.82, 2.24) is 0 Å². The smallest absolute Gasteiger partial charge is 0.141 e. The second-order valence-corrected chi connectivity index (χ2v) is 5.22. The minimum Gasteiger partial charge on any atom is -0.394 e. The summed E-state index contributed by atoms with van der Waals surface area (Å²) in [4.78, 5) is 5.02. The first kappa shape index (κ1) is 8.23. The fourth-order valence-electron chi connectivity index (χ4n) is 1.64. The van der Waals surface area contributed by atoms with E-state index in [2.05, 4.69) is 5.16 Å². The quantitative estimate of drug-likeness (QED) is 0.620. The molecule has 3 nitrogen and oxygen atoms in total. The van der Waals surface area contributed by atoms with E-state index in [0.717, 1.165) is 0 Å². The van der Waals surface area contributed by atoms with E-state index in [4.69, 9.17) is 4.84 Å². The van der Waals surface area contributed by atoms with Crippen LogP contribution in [0.4, 0.5) is 0 Å². The fraction of sp³-hybridized carbons (Fsp3) is 0.875. The van der Waals surface area contributed by atoms with E-state index in [1.165, 1.54) is 19.3 Å². The summed E-state index contributed by atoms with van der Waals surface area (Å²) in [5.41, 5.74) is 0. The summed E-state index contributed by atoms with van der Waals surface area (Å²) in [6.45, 7) is 2.33. The summed E-state index contributed by atoms with van der Waals surface area (Å²) in [7, 11) is -0.876. The molecule has 2 rings (SSSR count). The lowest BCUT2D eigenvalue weighted by Gasteiger charge is -2.33. The molecule has 0 radical (unpaired) electrons. The van der Waals surface area contributed by atoms with E-state index in [9.17, 15) is 4.21 Å². The third-order valence-electron chi connectivity index (χ3n) is 2.67. The standard InChI is InChI=1S/C8H13NO2S/c1-6-9-11-5-8(12(6)10)7-3-2-4-7/h7-8H,2-5H2,1H3. The maximum atomic E-state index is 11.7. The molecule has 12 heavy (non-hydrogen) atoms. The summed E-state index contributed by atoms with van der Waals surface area (Å²) in [6, 6.07) is 0. The highest BCUT2D eigenvalue weighted by Gasteiger charge is 2.35. The van der Waals surface area contributed by atoms with Gasteiger partial charge in [0, 0.05) is 0 Å². The van der Waals surface area contributed by atoms with Crippen molar-refractivity contribution in [3.63, 3.8) is 0 Å². The normalized spacial score (nSPS) is 36.6. The molecule has 1 heterocycles. The molecule has 1 aliphatic heterocycles. The highest BCUT2D eigenvalue weighted by Crippen LogP contribution is 2.33. The van der Waals surface area contributed by atoms with Crippen molar-refractivity contribution in [1.29, 1.82) is 0 Å². The molecular weight excluding hydrogens is 174 g/mol. The highest BCUT2D eigenvalue weighted by molar-refractivity contribution is 8.01. The van der Waals surface area contributed by atoms with Gasteiger partial charge in [-0.2, -0.15) is 0 Å². The van der Waals surface area contributed by atoms with Gasteiger partial charge >= 0.3 is 0 Å². The van der Waals surface area contributed by atoms with Gasteiger partial charge < -0.3 is 4.84 Å². The number of hydrogen-bond donors (Lipinski definition) is 0. The zero-order chi connectivity index (χ0) is 8.55. The Bertz CT molecular complexity index is 235. The predicted molar refractivity (Wildman–Crippen MR) is 48.3 cm³/mol. The van der Waals surface area contributed by atoms with E-state index in [-0.39, 0.29) is 5.25 Å². The SMILES string of the molecule is CC1=NOCC(C2CCC2)S1=O. The molecule has 0 aromatic heterocycles. The van der Waals surface area contributed by atoms with Gasteiger partial charge in [0.25, 0.3) is 0 Å². The Kier molecular flexibility index (Phi) is 2.17. The summed E-state index contributed by atoms with van der Waals surface area (Å²) in [5, 5.41) is 4.59. The minimum atomic E-state index is -0.876. The van der Waals surface area contributed by atoms with Gasteiger partial charge in [0.15, 0.2) is 0 Å². The molecule has 0 aromatic rings. The first-order valence-corrected chi connectivity index (χ1v) is 5.57. The minimum absolute atomic E-state index is 0.219. The predicted octanol–water partition coefficient (Wildman–Crippen LogP) is 1.27. The zero-order valence-electron chi connectivity index (χ0n) is 7.16. The van der Waals surface area contributed by atoms with Crippen molar-refractivity contribution < 1.29 is 9.05 Å². The largest absolute Gasteiger partial charge is 0.394 e. The molecule has 0 spiro atoms. The molecule has 1 saturated carbocycles. The van der Waals surface area contributed by atoms with Crippen LogP contribution < -0.4 is 0 Å². The Morgan fingerprint density at radius 1 is 1.58 bits per heavy atom. The second-order valence-electron chi connectivity index (χ2n) is 3.43. The zero-order valence-corrected chi connectivity index (χ0v) is 7.97. The molecular formula is C8H13NO2S. The maximum Gasteiger partial charge on any atom is 0.141 e. The summed E-state index contributed by atoms with van der Waals surface area (Å²) in [5.74, 6) is 0.622. The topological polar surface area (TPSA) is 38.7 Å². The van der Waals surface area contributed by atoms with Crippen LogP contribution in [0.25, 0.3) is 0 Å². The van der Waals surface area contributed by atoms with Gasteiger partial charge in [0.1, 0.15) is 11.7 Å². The van der Waals surface area contributed by atoms with Crippen molar-refractivity contribution >= 4 is 15.8 Å². The molecule has 0 saturated heterocycles. The van der Waals surface area contributed by atoms with Crippen LogP contribution in [0.3, 0.4) is 0 Å². The molecule has 2 aliphatic rings. The monoisotopic (exact) mass is 187 g/mol. The summed E-state index contributed by atoms with van der Waals surface area (Å²) < 4.78 is 11.7. The average molecular weight is 187 g/mol. The Morgan fingerprint density at radius 2 is 2.33 bits per heavy atom. The lowest BCUT2D eigenvalue weighted by molar-refractivity contribution is 0.115. The van der Waals surface area contributed by atoms with Crippen LogP contribution in [-0.4, -0.2) is 21.1 Å². The molecule has 0 amide bonds. The number of rotatable bonds is 1. The van der Waals surface area contributed by atoms with Gasteiger partial charge in [-0.25, -0.2) is 0 Å². The Hall–Kier alpha value is -0.380. The third kappa shape index (κ3) is 1.28. The van der Waals surface area contributed by atoms with E-state index in [0.29, 0.717) is 17.6 Å². The first-order valence-electron chi connectivity index (χ1n) is 4.36. The van der Waals surface area contributed by atoms with Crippen molar-refractivity contribution in [2.75, 3.05) is 6.61 Å². The van der Waals surface area contributed by atoms with Crippen LogP contribution in [0.15, 0.2) is 5.16 Å². The molecule has 1 aliphatic carbocycles. The molecule has 0 aromatic carbocycles. The van der Waals surface area contributed by atoms with E-state index in [1.54, 1.807) is 6.92 Å². The molecule has 2 unspecified atom stereocenters. The Balaban J connectivity index is 2.07. The lowest BCUT2D eigenvalue weighted by atomic mass is 9.83. The number of oxime groups is 1. The lowest BCUT2D eigenvalue weighted by Crippen LogP contribution is -2.39. The van der Waals surface area contributed by atoms with Gasteiger partial charge in [-0.1, -0.05) is 11.6 Å². The van der Waals surface area contributed by atoms with Crippen molar-refractivity contribution in [3.8, 4) is 0 Å². The third-order valence-corrected chi connectivity index (χ3v) is 4.40. The van der Waals surface area contributed by atoms with E-state index in [1.807, 2.05) is 0 Å². The second kappa shape index (κ2) is 3.17. The van der Waals surface area contributed by atoms with Crippen LogP contribution in [0.5, 0.6) is 0 Å². The Morgan fingerprint density at radius 3 is 2.92 bits per heavy atom. The van der Waals surface area contributed by atoms with Gasteiger partial charge in [0.05, 0.1) is 16.0 Å². The van der Waals surface area contributed by atoms with Gasteiger partial charge in [-0.15, -0.1) is 0 Å². The molecule has 68 valence electrons. The first-order chi connectivity index (χ1) is 5.79. The highest BCUT2D eigenvalue weighted by atomic mass is 32.2. The van der Waals surface area contributed by atoms with Gasteiger partial charge in [-0.05, 0) is 25.7 Å². The molecule has 0 N–H and O–H groups in total. The van der Waals surface area contributed by atoms with Crippen LogP contribution in [0.2, 0.25) is 0 Å². The molecule has 2 atom stereocenters.